The monoisotopic (exact) mass is 217 g/mol. The van der Waals surface area contributed by atoms with E-state index in [4.69, 9.17) is 0 Å². The van der Waals surface area contributed by atoms with E-state index in [1.165, 1.54) is 0 Å². The quantitative estimate of drug-likeness (QED) is 0.659. The van der Waals surface area contributed by atoms with E-state index < -0.39 is 5.41 Å². The van der Waals surface area contributed by atoms with Gasteiger partial charge in [-0.25, -0.2) is 9.97 Å². The highest BCUT2D eigenvalue weighted by Crippen LogP contribution is 2.33. The minimum Gasteiger partial charge on any atom is -0.354 e. The molecule has 4 heterocycles. The maximum absolute atomic E-state index is 12.2. The zero-order valence-corrected chi connectivity index (χ0v) is 8.86. The van der Waals surface area contributed by atoms with Gasteiger partial charge in [0.15, 0.2) is 6.33 Å². The number of fused-ring (bicyclic) bond motifs is 4. The Kier molecular flexibility index (Phi) is 2.14. The lowest BCUT2D eigenvalue weighted by Gasteiger charge is -2.34. The van der Waals surface area contributed by atoms with Crippen molar-refractivity contribution in [1.29, 1.82) is 0 Å². The number of hydrogen-bond donors (Lipinski definition) is 2. The molecule has 83 valence electrons. The van der Waals surface area contributed by atoms with Crippen LogP contribution < -0.4 is 10.6 Å². The number of amides is 1. The summed E-state index contributed by atoms with van der Waals surface area (Å²) in [7, 11) is 0. The minimum absolute atomic E-state index is 0.0760. The molecule has 2 unspecified atom stereocenters. The average molecular weight is 217 g/mol. The number of aromatic nitrogens is 2. The molecule has 1 amide bonds. The molecule has 3 aliphatic heterocycles. The lowest BCUT2D eigenvalue weighted by Crippen LogP contribution is -2.51. The highest BCUT2D eigenvalue weighted by atomic mass is 16.2. The van der Waals surface area contributed by atoms with Gasteiger partial charge >= 0.3 is 0 Å². The molecule has 3 aliphatic rings. The molecule has 4 rings (SSSR count). The van der Waals surface area contributed by atoms with Crippen molar-refractivity contribution in [3.63, 3.8) is 0 Å². The molecule has 16 heavy (non-hydrogen) atoms. The van der Waals surface area contributed by atoms with E-state index in [0.29, 0.717) is 12.6 Å². The second-order valence-corrected chi connectivity index (χ2v) is 4.45. The van der Waals surface area contributed by atoms with Crippen LogP contribution in [0.2, 0.25) is 0 Å². The van der Waals surface area contributed by atoms with Crippen molar-refractivity contribution in [2.75, 3.05) is 13.1 Å². The number of carbonyl (C=O) groups is 1. The van der Waals surface area contributed by atoms with Crippen LogP contribution in [0, 0.1) is 6.33 Å². The zero-order chi connectivity index (χ0) is 11.0. The first kappa shape index (κ1) is 9.72. The number of nitrogens with one attached hydrogen (secondary N) is 2. The van der Waals surface area contributed by atoms with Crippen LogP contribution >= 0.6 is 0 Å². The van der Waals surface area contributed by atoms with Gasteiger partial charge in [-0.1, -0.05) is 0 Å². The summed E-state index contributed by atoms with van der Waals surface area (Å²) < 4.78 is 0. The van der Waals surface area contributed by atoms with Crippen LogP contribution in [0.1, 0.15) is 18.5 Å². The zero-order valence-electron chi connectivity index (χ0n) is 8.86. The van der Waals surface area contributed by atoms with Crippen molar-refractivity contribution in [3.8, 4) is 0 Å². The average Bonchev–Trinajstić information content (AvgIpc) is 2.62. The van der Waals surface area contributed by atoms with Crippen molar-refractivity contribution in [2.45, 2.75) is 24.3 Å². The molecular weight excluding hydrogens is 204 g/mol. The summed E-state index contributed by atoms with van der Waals surface area (Å²) in [5.41, 5.74) is 0.250. The van der Waals surface area contributed by atoms with Crippen molar-refractivity contribution >= 4 is 5.91 Å². The smallest absolute Gasteiger partial charge is 0.233 e. The van der Waals surface area contributed by atoms with Gasteiger partial charge in [0.05, 0.1) is 5.69 Å². The predicted octanol–water partition coefficient (Wildman–Crippen LogP) is -0.604. The number of carbonyl (C=O) groups excluding carboxylic acids is 1. The molecule has 3 saturated heterocycles. The lowest BCUT2D eigenvalue weighted by molar-refractivity contribution is -0.126. The SMILES string of the molecule is O=C1NCC2CCC1(c1ccn[c]n1)CN2. The van der Waals surface area contributed by atoms with Gasteiger partial charge in [0.25, 0.3) is 0 Å². The summed E-state index contributed by atoms with van der Waals surface area (Å²) in [4.78, 5) is 20.1. The van der Waals surface area contributed by atoms with Crippen LogP contribution in [0.15, 0.2) is 12.3 Å². The molecular formula is C11H13N4O. The van der Waals surface area contributed by atoms with Gasteiger partial charge in [-0.15, -0.1) is 0 Å². The number of hydrogen-bond acceptors (Lipinski definition) is 4. The molecule has 0 spiro atoms. The highest BCUT2D eigenvalue weighted by molar-refractivity contribution is 5.88. The van der Waals surface area contributed by atoms with Gasteiger partial charge in [0.1, 0.15) is 5.41 Å². The van der Waals surface area contributed by atoms with Gasteiger partial charge in [-0.2, -0.15) is 0 Å². The Morgan fingerprint density at radius 2 is 2.50 bits per heavy atom. The molecule has 5 heteroatoms. The Balaban J connectivity index is 2.05. The van der Waals surface area contributed by atoms with E-state index in [2.05, 4.69) is 26.9 Å². The van der Waals surface area contributed by atoms with E-state index in [-0.39, 0.29) is 5.91 Å². The summed E-state index contributed by atoms with van der Waals surface area (Å²) in [5, 5.41) is 6.36. The van der Waals surface area contributed by atoms with E-state index in [1.807, 2.05) is 6.07 Å². The number of rotatable bonds is 1. The third kappa shape index (κ3) is 1.31. The van der Waals surface area contributed by atoms with Gasteiger partial charge in [-0.05, 0) is 18.9 Å². The van der Waals surface area contributed by atoms with Crippen LogP contribution in [0.3, 0.4) is 0 Å². The van der Waals surface area contributed by atoms with Crippen LogP contribution in [-0.4, -0.2) is 35.0 Å². The van der Waals surface area contributed by atoms with Gasteiger partial charge in [0, 0.05) is 25.3 Å². The Bertz CT molecular complexity index is 398. The molecule has 0 saturated carbocycles. The Labute approximate surface area is 93.7 Å². The minimum atomic E-state index is -0.521. The van der Waals surface area contributed by atoms with Crippen molar-refractivity contribution in [1.82, 2.24) is 20.6 Å². The summed E-state index contributed by atoms with van der Waals surface area (Å²) >= 11 is 0. The molecule has 1 aromatic rings. The third-order valence-electron chi connectivity index (χ3n) is 3.58. The van der Waals surface area contributed by atoms with Gasteiger partial charge in [0.2, 0.25) is 5.91 Å². The molecule has 1 aromatic heterocycles. The molecule has 2 atom stereocenters. The van der Waals surface area contributed by atoms with Crippen molar-refractivity contribution in [3.05, 3.63) is 24.3 Å². The maximum atomic E-state index is 12.2. The van der Waals surface area contributed by atoms with E-state index in [0.717, 1.165) is 25.1 Å². The summed E-state index contributed by atoms with van der Waals surface area (Å²) in [5.74, 6) is 0.0760. The molecule has 0 aromatic carbocycles. The Hall–Kier alpha value is -1.49. The summed E-state index contributed by atoms with van der Waals surface area (Å²) in [6.45, 7) is 1.38. The van der Waals surface area contributed by atoms with E-state index in [1.54, 1.807) is 6.20 Å². The second-order valence-electron chi connectivity index (χ2n) is 4.45. The van der Waals surface area contributed by atoms with E-state index in [9.17, 15) is 4.79 Å². The molecule has 1 radical (unpaired) electrons. The second kappa shape index (κ2) is 3.52. The summed E-state index contributed by atoms with van der Waals surface area (Å²) in [6, 6.07) is 2.22. The normalized spacial score (nSPS) is 33.2. The molecule has 0 aliphatic carbocycles. The third-order valence-corrected chi connectivity index (χ3v) is 3.58. The molecule has 3 fully saturated rings. The summed E-state index contributed by atoms with van der Waals surface area (Å²) in [6.07, 6.45) is 6.06. The fourth-order valence-electron chi connectivity index (χ4n) is 2.55. The highest BCUT2D eigenvalue weighted by Gasteiger charge is 2.46. The first-order valence-electron chi connectivity index (χ1n) is 5.52. The first-order valence-corrected chi connectivity index (χ1v) is 5.52. The van der Waals surface area contributed by atoms with Gasteiger partial charge < -0.3 is 10.6 Å². The maximum Gasteiger partial charge on any atom is 0.233 e. The first-order chi connectivity index (χ1) is 7.81. The van der Waals surface area contributed by atoms with Crippen LogP contribution in [0.4, 0.5) is 0 Å². The number of nitrogens with zero attached hydrogens (tertiary/aromatic N) is 2. The fourth-order valence-corrected chi connectivity index (χ4v) is 2.55. The molecule has 2 bridgehead atoms. The largest absolute Gasteiger partial charge is 0.354 e. The Morgan fingerprint density at radius 1 is 1.56 bits per heavy atom. The van der Waals surface area contributed by atoms with Gasteiger partial charge in [-0.3, -0.25) is 4.79 Å². The predicted molar refractivity (Wildman–Crippen MR) is 56.6 cm³/mol. The van der Waals surface area contributed by atoms with Crippen LogP contribution in [-0.2, 0) is 10.2 Å². The molecule has 5 nitrogen and oxygen atoms in total. The standard InChI is InChI=1S/C11H13N4O/c16-10-11(9-2-4-12-7-15-9)3-1-8(5-13-10)14-6-11/h2,4,8,14H,1,3,5-6H2,(H,13,16). The van der Waals surface area contributed by atoms with Crippen molar-refractivity contribution in [2.24, 2.45) is 0 Å². The lowest BCUT2D eigenvalue weighted by atomic mass is 9.76. The Morgan fingerprint density at radius 3 is 3.19 bits per heavy atom. The van der Waals surface area contributed by atoms with Crippen LogP contribution in [0.25, 0.3) is 0 Å². The molecule has 2 N–H and O–H groups in total. The van der Waals surface area contributed by atoms with Crippen molar-refractivity contribution < 1.29 is 4.79 Å². The number of piperidine rings is 1. The van der Waals surface area contributed by atoms with Crippen LogP contribution in [0.5, 0.6) is 0 Å². The van der Waals surface area contributed by atoms with E-state index >= 15 is 0 Å². The topological polar surface area (TPSA) is 66.9 Å². The fraction of sp³-hybridized carbons (Fsp3) is 0.545.